The molecule has 134 valence electrons. The van der Waals surface area contributed by atoms with Crippen molar-refractivity contribution in [3.05, 3.63) is 41.9 Å². The topological polar surface area (TPSA) is 83.3 Å². The third-order valence-corrected chi connectivity index (χ3v) is 4.39. The number of anilines is 1. The molecule has 1 saturated heterocycles. The van der Waals surface area contributed by atoms with E-state index >= 15 is 0 Å². The number of aryl methyl sites for hydroxylation is 1. The van der Waals surface area contributed by atoms with Gasteiger partial charge < -0.3 is 9.84 Å². The predicted molar refractivity (Wildman–Crippen MR) is 95.0 cm³/mol. The molecule has 2 N–H and O–H groups in total. The van der Waals surface area contributed by atoms with E-state index in [1.54, 1.807) is 12.3 Å². The molecule has 7 nitrogen and oxygen atoms in total. The number of carbonyl (C=O) groups excluding carboxylic acids is 1. The van der Waals surface area contributed by atoms with Gasteiger partial charge in [-0.25, -0.2) is 0 Å². The number of hydrogen-bond donors (Lipinski definition) is 2. The molecule has 2 aromatic rings. The monoisotopic (exact) mass is 343 g/mol. The highest BCUT2D eigenvalue weighted by molar-refractivity contribution is 5.90. The highest BCUT2D eigenvalue weighted by Gasteiger charge is 2.23. The van der Waals surface area contributed by atoms with Crippen LogP contribution in [0.3, 0.4) is 0 Å². The van der Waals surface area contributed by atoms with E-state index in [1.165, 1.54) is 0 Å². The molecule has 3 heterocycles. The Hall–Kier alpha value is -2.25. The Morgan fingerprint density at radius 2 is 2.32 bits per heavy atom. The first-order valence-corrected chi connectivity index (χ1v) is 8.78. The molecule has 1 unspecified atom stereocenters. The van der Waals surface area contributed by atoms with E-state index < -0.39 is 0 Å². The van der Waals surface area contributed by atoms with Crippen LogP contribution in [0.5, 0.6) is 0 Å². The fraction of sp³-hybridized carbons (Fsp3) is 0.500. The van der Waals surface area contributed by atoms with Crippen LogP contribution in [0.2, 0.25) is 0 Å². The maximum absolute atomic E-state index is 12.5. The molecule has 25 heavy (non-hydrogen) atoms. The highest BCUT2D eigenvalue weighted by atomic mass is 16.5. The van der Waals surface area contributed by atoms with Crippen LogP contribution in [0.1, 0.15) is 30.7 Å². The van der Waals surface area contributed by atoms with Crippen LogP contribution < -0.4 is 10.6 Å². The van der Waals surface area contributed by atoms with Crippen LogP contribution in [-0.2, 0) is 11.3 Å². The molecule has 1 atom stereocenters. The van der Waals surface area contributed by atoms with Gasteiger partial charge in [-0.05, 0) is 51.4 Å². The average molecular weight is 343 g/mol. The van der Waals surface area contributed by atoms with Crippen LogP contribution in [0, 0.1) is 6.92 Å². The van der Waals surface area contributed by atoms with Gasteiger partial charge in [0, 0.05) is 24.8 Å². The molecule has 1 amide bonds. The van der Waals surface area contributed by atoms with Crippen molar-refractivity contribution >= 4 is 11.8 Å². The number of amides is 1. The summed E-state index contributed by atoms with van der Waals surface area (Å²) in [4.78, 5) is 19.1. The van der Waals surface area contributed by atoms with Gasteiger partial charge in [0.25, 0.3) is 0 Å². The minimum absolute atomic E-state index is 0.0933. The van der Waals surface area contributed by atoms with Gasteiger partial charge in [0.05, 0.1) is 17.9 Å². The van der Waals surface area contributed by atoms with E-state index in [2.05, 4.69) is 25.7 Å². The number of hydrogen-bond acceptors (Lipinski definition) is 6. The molecular formula is C18H25N5O2. The fourth-order valence-electron chi connectivity index (χ4n) is 3.16. The van der Waals surface area contributed by atoms with Crippen molar-refractivity contribution in [3.8, 4) is 0 Å². The van der Waals surface area contributed by atoms with Gasteiger partial charge in [-0.2, -0.15) is 0 Å². The van der Waals surface area contributed by atoms with Gasteiger partial charge in [-0.1, -0.05) is 11.2 Å². The summed E-state index contributed by atoms with van der Waals surface area (Å²) < 4.78 is 5.08. The van der Waals surface area contributed by atoms with Gasteiger partial charge in [0.1, 0.15) is 0 Å². The van der Waals surface area contributed by atoms with Gasteiger partial charge >= 0.3 is 0 Å². The molecule has 1 fully saturated rings. The number of nitrogens with zero attached hydrogens (tertiary/aromatic N) is 3. The Labute approximate surface area is 147 Å². The summed E-state index contributed by atoms with van der Waals surface area (Å²) >= 11 is 0. The van der Waals surface area contributed by atoms with E-state index in [1.807, 2.05) is 25.1 Å². The van der Waals surface area contributed by atoms with Crippen molar-refractivity contribution in [2.24, 2.45) is 0 Å². The summed E-state index contributed by atoms with van der Waals surface area (Å²) in [5, 5.41) is 10.0. The Morgan fingerprint density at radius 1 is 1.40 bits per heavy atom. The zero-order chi connectivity index (χ0) is 17.5. The molecule has 0 aromatic carbocycles. The van der Waals surface area contributed by atoms with Gasteiger partial charge in [0.2, 0.25) is 11.8 Å². The van der Waals surface area contributed by atoms with Crippen LogP contribution in [-0.4, -0.2) is 46.6 Å². The molecular weight excluding hydrogens is 318 g/mol. The lowest BCUT2D eigenvalue weighted by Crippen LogP contribution is -2.41. The minimum atomic E-state index is -0.0933. The number of pyridine rings is 1. The minimum Gasteiger partial charge on any atom is -0.338 e. The SMILES string of the molecule is Cc1cc(NC(=O)CN(Cc2ccccn2)C2CCCNCC2)on1. The summed E-state index contributed by atoms with van der Waals surface area (Å²) in [6.45, 7) is 4.81. The van der Waals surface area contributed by atoms with Gasteiger partial charge in [0.15, 0.2) is 0 Å². The number of nitrogens with one attached hydrogen (secondary N) is 2. The lowest BCUT2D eigenvalue weighted by atomic mass is 10.1. The predicted octanol–water partition coefficient (Wildman–Crippen LogP) is 1.96. The fourth-order valence-corrected chi connectivity index (χ4v) is 3.16. The van der Waals surface area contributed by atoms with Crippen LogP contribution in [0.4, 0.5) is 5.88 Å². The lowest BCUT2D eigenvalue weighted by Gasteiger charge is -2.30. The standard InChI is InChI=1S/C18H25N5O2/c1-14-11-18(25-22-14)21-17(24)13-23(12-15-5-2-3-9-20-15)16-6-4-8-19-10-7-16/h2-3,5,9,11,16,19H,4,6-8,10,12-13H2,1H3,(H,21,24). The summed E-state index contributed by atoms with van der Waals surface area (Å²) in [6, 6.07) is 7.96. The normalized spacial score (nSPS) is 18.1. The number of carbonyl (C=O) groups is 1. The number of aromatic nitrogens is 2. The first-order chi connectivity index (χ1) is 12.2. The van der Waals surface area contributed by atoms with Crippen LogP contribution in [0.15, 0.2) is 35.0 Å². The second-order valence-electron chi connectivity index (χ2n) is 6.44. The summed E-state index contributed by atoms with van der Waals surface area (Å²) in [7, 11) is 0. The first-order valence-electron chi connectivity index (χ1n) is 8.78. The Balaban J connectivity index is 1.67. The summed E-state index contributed by atoms with van der Waals surface area (Å²) in [6.07, 6.45) is 5.02. The average Bonchev–Trinajstić information content (AvgIpc) is 2.86. The molecule has 0 spiro atoms. The molecule has 0 radical (unpaired) electrons. The molecule has 0 aliphatic carbocycles. The van der Waals surface area contributed by atoms with E-state index in [4.69, 9.17) is 4.52 Å². The third kappa shape index (κ3) is 5.37. The van der Waals surface area contributed by atoms with Crippen LogP contribution in [0.25, 0.3) is 0 Å². The highest BCUT2D eigenvalue weighted by Crippen LogP contribution is 2.17. The molecule has 0 bridgehead atoms. The number of rotatable bonds is 6. The molecule has 7 heteroatoms. The van der Waals surface area contributed by atoms with Gasteiger partial charge in [-0.15, -0.1) is 0 Å². The summed E-state index contributed by atoms with van der Waals surface area (Å²) in [5.41, 5.74) is 1.72. The van der Waals surface area contributed by atoms with Crippen molar-refractivity contribution in [1.82, 2.24) is 20.4 Å². The third-order valence-electron chi connectivity index (χ3n) is 4.39. The Kier molecular flexibility index (Phi) is 6.14. The maximum Gasteiger partial charge on any atom is 0.240 e. The zero-order valence-electron chi connectivity index (χ0n) is 14.6. The van der Waals surface area contributed by atoms with Crippen molar-refractivity contribution in [2.75, 3.05) is 25.0 Å². The zero-order valence-corrected chi connectivity index (χ0v) is 14.6. The quantitative estimate of drug-likeness (QED) is 0.834. The second kappa shape index (κ2) is 8.73. The van der Waals surface area contributed by atoms with E-state index in [0.29, 0.717) is 25.0 Å². The van der Waals surface area contributed by atoms with Crippen molar-refractivity contribution in [1.29, 1.82) is 0 Å². The smallest absolute Gasteiger partial charge is 0.240 e. The lowest BCUT2D eigenvalue weighted by molar-refractivity contribution is -0.118. The van der Waals surface area contributed by atoms with E-state index in [0.717, 1.165) is 43.7 Å². The van der Waals surface area contributed by atoms with E-state index in [-0.39, 0.29) is 5.91 Å². The van der Waals surface area contributed by atoms with Crippen molar-refractivity contribution in [2.45, 2.75) is 38.8 Å². The molecule has 2 aromatic heterocycles. The summed E-state index contributed by atoms with van der Waals surface area (Å²) in [5.74, 6) is 0.298. The Morgan fingerprint density at radius 3 is 3.08 bits per heavy atom. The van der Waals surface area contributed by atoms with Crippen molar-refractivity contribution < 1.29 is 9.32 Å². The largest absolute Gasteiger partial charge is 0.338 e. The molecule has 1 aliphatic heterocycles. The second-order valence-corrected chi connectivity index (χ2v) is 6.44. The van der Waals surface area contributed by atoms with Gasteiger partial charge in [-0.3, -0.25) is 20.0 Å². The maximum atomic E-state index is 12.5. The molecule has 0 saturated carbocycles. The first kappa shape index (κ1) is 17.6. The van der Waals surface area contributed by atoms with Crippen LogP contribution >= 0.6 is 0 Å². The molecule has 3 rings (SSSR count). The van der Waals surface area contributed by atoms with Crippen molar-refractivity contribution in [3.63, 3.8) is 0 Å². The Bertz CT molecular complexity index is 665. The van der Waals surface area contributed by atoms with E-state index in [9.17, 15) is 4.79 Å². The molecule has 1 aliphatic rings.